The van der Waals surface area contributed by atoms with Crippen LogP contribution in [0, 0.1) is 0 Å². The van der Waals surface area contributed by atoms with Crippen molar-refractivity contribution in [2.24, 2.45) is 0 Å². The zero-order valence-electron chi connectivity index (χ0n) is 9.62. The molecule has 0 bridgehead atoms. The molecule has 2 heterocycles. The number of piperazine rings is 1. The number of nitrogens with one attached hydrogen (secondary N) is 1. The Hall–Kier alpha value is -0.120. The molecular formula is C12H23N3. The summed E-state index contributed by atoms with van der Waals surface area (Å²) in [4.78, 5) is 5.43. The van der Waals surface area contributed by atoms with Crippen molar-refractivity contribution in [3.05, 3.63) is 0 Å². The van der Waals surface area contributed by atoms with Crippen LogP contribution in [-0.4, -0.2) is 61.2 Å². The van der Waals surface area contributed by atoms with E-state index in [9.17, 15) is 0 Å². The van der Waals surface area contributed by atoms with Crippen molar-refractivity contribution in [2.75, 3.05) is 39.3 Å². The van der Waals surface area contributed by atoms with Crippen molar-refractivity contribution in [1.29, 1.82) is 0 Å². The summed E-state index contributed by atoms with van der Waals surface area (Å²) in [5, 5.41) is 3.37. The first-order valence-electron chi connectivity index (χ1n) is 6.62. The standard InChI is InChI=1S/C12H23N3/c1-2-4-11(3-1)14-5-7-15(8-6-14)12-9-13-10-12/h11-13H,1-10H2. The third kappa shape index (κ3) is 2.05. The van der Waals surface area contributed by atoms with E-state index in [-0.39, 0.29) is 0 Å². The average molecular weight is 209 g/mol. The van der Waals surface area contributed by atoms with Gasteiger partial charge in [-0.25, -0.2) is 0 Å². The highest BCUT2D eigenvalue weighted by atomic mass is 15.3. The minimum Gasteiger partial charge on any atom is -0.314 e. The molecule has 1 aliphatic carbocycles. The van der Waals surface area contributed by atoms with E-state index >= 15 is 0 Å². The lowest BCUT2D eigenvalue weighted by Crippen LogP contribution is -2.62. The SMILES string of the molecule is C1CCC(N2CCN(C3CNC3)CC2)C1. The van der Waals surface area contributed by atoms with Crippen molar-refractivity contribution in [3.8, 4) is 0 Å². The number of hydrogen-bond donors (Lipinski definition) is 1. The van der Waals surface area contributed by atoms with Crippen LogP contribution < -0.4 is 5.32 Å². The highest BCUT2D eigenvalue weighted by Crippen LogP contribution is 2.24. The van der Waals surface area contributed by atoms with Crippen LogP contribution in [0.1, 0.15) is 25.7 Å². The summed E-state index contributed by atoms with van der Waals surface area (Å²) < 4.78 is 0. The largest absolute Gasteiger partial charge is 0.314 e. The Labute approximate surface area is 92.8 Å². The number of rotatable bonds is 2. The van der Waals surface area contributed by atoms with E-state index in [1.165, 1.54) is 65.0 Å². The smallest absolute Gasteiger partial charge is 0.0346 e. The first kappa shape index (κ1) is 10.1. The lowest BCUT2D eigenvalue weighted by atomic mass is 10.1. The molecule has 3 rings (SSSR count). The summed E-state index contributed by atoms with van der Waals surface area (Å²) in [6.07, 6.45) is 5.87. The van der Waals surface area contributed by atoms with E-state index in [4.69, 9.17) is 0 Å². The van der Waals surface area contributed by atoms with Crippen LogP contribution in [0.25, 0.3) is 0 Å². The quantitative estimate of drug-likeness (QED) is 0.715. The molecular weight excluding hydrogens is 186 g/mol. The third-order valence-corrected chi connectivity index (χ3v) is 4.47. The van der Waals surface area contributed by atoms with E-state index < -0.39 is 0 Å². The molecule has 3 fully saturated rings. The lowest BCUT2D eigenvalue weighted by Gasteiger charge is -2.44. The van der Waals surface area contributed by atoms with Gasteiger partial charge in [0.25, 0.3) is 0 Å². The topological polar surface area (TPSA) is 18.5 Å². The minimum atomic E-state index is 0.857. The summed E-state index contributed by atoms with van der Waals surface area (Å²) in [5.41, 5.74) is 0. The maximum atomic E-state index is 3.37. The van der Waals surface area contributed by atoms with Gasteiger partial charge in [-0.1, -0.05) is 12.8 Å². The van der Waals surface area contributed by atoms with Gasteiger partial charge in [0.2, 0.25) is 0 Å². The molecule has 0 aromatic rings. The molecule has 1 saturated carbocycles. The van der Waals surface area contributed by atoms with Gasteiger partial charge >= 0.3 is 0 Å². The fourth-order valence-corrected chi connectivity index (χ4v) is 3.27. The zero-order chi connectivity index (χ0) is 10.1. The maximum absolute atomic E-state index is 3.37. The van der Waals surface area contributed by atoms with Crippen molar-refractivity contribution in [3.63, 3.8) is 0 Å². The van der Waals surface area contributed by atoms with Gasteiger partial charge < -0.3 is 5.32 Å². The van der Waals surface area contributed by atoms with Gasteiger partial charge in [-0.05, 0) is 12.8 Å². The van der Waals surface area contributed by atoms with Gasteiger partial charge in [-0.2, -0.15) is 0 Å². The van der Waals surface area contributed by atoms with Crippen molar-refractivity contribution in [2.45, 2.75) is 37.8 Å². The predicted molar refractivity (Wildman–Crippen MR) is 62.1 cm³/mol. The van der Waals surface area contributed by atoms with Crippen LogP contribution >= 0.6 is 0 Å². The molecule has 1 N–H and O–H groups in total. The van der Waals surface area contributed by atoms with E-state index in [0.29, 0.717) is 0 Å². The number of nitrogens with zero attached hydrogens (tertiary/aromatic N) is 2. The van der Waals surface area contributed by atoms with Crippen LogP contribution in [0.2, 0.25) is 0 Å². The summed E-state index contributed by atoms with van der Waals surface area (Å²) in [7, 11) is 0. The van der Waals surface area contributed by atoms with Gasteiger partial charge in [0.05, 0.1) is 0 Å². The van der Waals surface area contributed by atoms with Crippen LogP contribution in [0.5, 0.6) is 0 Å². The predicted octanol–water partition coefficient (Wildman–Crippen LogP) is 0.518. The maximum Gasteiger partial charge on any atom is 0.0346 e. The van der Waals surface area contributed by atoms with Crippen molar-refractivity contribution >= 4 is 0 Å². The summed E-state index contributed by atoms with van der Waals surface area (Å²) >= 11 is 0. The molecule has 3 aliphatic rings. The molecule has 2 saturated heterocycles. The molecule has 3 nitrogen and oxygen atoms in total. The second-order valence-corrected chi connectivity index (χ2v) is 5.32. The number of hydrogen-bond acceptors (Lipinski definition) is 3. The van der Waals surface area contributed by atoms with E-state index in [1.54, 1.807) is 0 Å². The van der Waals surface area contributed by atoms with Crippen molar-refractivity contribution < 1.29 is 0 Å². The zero-order valence-corrected chi connectivity index (χ0v) is 9.62. The van der Waals surface area contributed by atoms with E-state index in [0.717, 1.165) is 12.1 Å². The van der Waals surface area contributed by atoms with Crippen LogP contribution in [0.3, 0.4) is 0 Å². The van der Waals surface area contributed by atoms with Crippen LogP contribution in [0.15, 0.2) is 0 Å². The molecule has 0 radical (unpaired) electrons. The monoisotopic (exact) mass is 209 g/mol. The highest BCUT2D eigenvalue weighted by Gasteiger charge is 2.30. The van der Waals surface area contributed by atoms with Gasteiger partial charge in [-0.15, -0.1) is 0 Å². The normalized spacial score (nSPS) is 32.0. The Balaban J connectivity index is 1.47. The molecule has 86 valence electrons. The van der Waals surface area contributed by atoms with Crippen LogP contribution in [-0.2, 0) is 0 Å². The Morgan fingerprint density at radius 3 is 1.73 bits per heavy atom. The van der Waals surface area contributed by atoms with Crippen LogP contribution in [0.4, 0.5) is 0 Å². The molecule has 15 heavy (non-hydrogen) atoms. The molecule has 0 unspecified atom stereocenters. The summed E-state index contributed by atoms with van der Waals surface area (Å²) in [6, 6.07) is 1.79. The fourth-order valence-electron chi connectivity index (χ4n) is 3.27. The minimum absolute atomic E-state index is 0.857. The van der Waals surface area contributed by atoms with Gasteiger partial charge in [0.1, 0.15) is 0 Å². The Morgan fingerprint density at radius 2 is 1.27 bits per heavy atom. The Morgan fingerprint density at radius 1 is 0.733 bits per heavy atom. The van der Waals surface area contributed by atoms with Gasteiger partial charge in [0, 0.05) is 51.4 Å². The second-order valence-electron chi connectivity index (χ2n) is 5.32. The molecule has 0 aromatic heterocycles. The molecule has 0 aromatic carbocycles. The molecule has 0 spiro atoms. The highest BCUT2D eigenvalue weighted by molar-refractivity contribution is 4.89. The van der Waals surface area contributed by atoms with Gasteiger partial charge in [-0.3, -0.25) is 9.80 Å². The Kier molecular flexibility index (Phi) is 2.95. The van der Waals surface area contributed by atoms with E-state index in [2.05, 4.69) is 15.1 Å². The van der Waals surface area contributed by atoms with Crippen molar-refractivity contribution in [1.82, 2.24) is 15.1 Å². The van der Waals surface area contributed by atoms with Gasteiger partial charge in [0.15, 0.2) is 0 Å². The molecule has 3 heteroatoms. The first-order valence-corrected chi connectivity index (χ1v) is 6.62. The summed E-state index contributed by atoms with van der Waals surface area (Å²) in [5.74, 6) is 0. The second kappa shape index (κ2) is 4.40. The van der Waals surface area contributed by atoms with E-state index in [1.807, 2.05) is 0 Å². The molecule has 0 amide bonds. The third-order valence-electron chi connectivity index (χ3n) is 4.47. The first-order chi connectivity index (χ1) is 7.43. The molecule has 2 aliphatic heterocycles. The lowest BCUT2D eigenvalue weighted by molar-refractivity contribution is 0.0530. The Bertz CT molecular complexity index is 201. The molecule has 0 atom stereocenters. The fraction of sp³-hybridized carbons (Fsp3) is 1.00. The average Bonchev–Trinajstić information content (AvgIpc) is 2.69. The summed E-state index contributed by atoms with van der Waals surface area (Å²) in [6.45, 7) is 7.71.